The first-order valence-electron chi connectivity index (χ1n) is 4.67. The molecule has 0 aromatic carbocycles. The number of aryl methyl sites for hydroxylation is 1. The molecule has 1 rings (SSSR count). The number of nitrogens with zero attached hydrogens (tertiary/aromatic N) is 3. The van der Waals surface area contributed by atoms with Crippen LogP contribution in [0.1, 0.15) is 18.5 Å². The Bertz CT molecular complexity index is 294. The molecule has 1 aromatic heterocycles. The van der Waals surface area contributed by atoms with Crippen LogP contribution in [-0.4, -0.2) is 27.7 Å². The molecule has 2 N–H and O–H groups in total. The molecule has 0 saturated carbocycles. The second-order valence-corrected chi connectivity index (χ2v) is 3.27. The summed E-state index contributed by atoms with van der Waals surface area (Å²) < 4.78 is 36.7. The molecule has 0 radical (unpaired) electrons. The van der Waals surface area contributed by atoms with E-state index < -0.39 is 12.7 Å². The van der Waals surface area contributed by atoms with Crippen molar-refractivity contribution < 1.29 is 13.2 Å². The van der Waals surface area contributed by atoms with E-state index in [-0.39, 0.29) is 0 Å². The van der Waals surface area contributed by atoms with Gasteiger partial charge >= 0.3 is 6.18 Å². The fourth-order valence-electron chi connectivity index (χ4n) is 1.16. The van der Waals surface area contributed by atoms with Crippen LogP contribution in [0.4, 0.5) is 13.2 Å². The van der Waals surface area contributed by atoms with Crippen LogP contribution in [0.2, 0.25) is 0 Å². The van der Waals surface area contributed by atoms with Crippen molar-refractivity contribution in [1.29, 1.82) is 0 Å². The maximum atomic E-state index is 12.0. The Morgan fingerprint density at radius 3 is 2.67 bits per heavy atom. The Hall–Kier alpha value is -1.11. The van der Waals surface area contributed by atoms with Crippen molar-refractivity contribution in [2.24, 2.45) is 5.73 Å². The van der Waals surface area contributed by atoms with Gasteiger partial charge in [-0.15, -0.1) is 5.10 Å². The number of rotatable bonds is 5. The predicted molar refractivity (Wildman–Crippen MR) is 48.1 cm³/mol. The molecular formula is C8H13F3N4. The maximum Gasteiger partial charge on any atom is 0.408 e. The molecule has 0 aliphatic heterocycles. The number of halogens is 3. The second-order valence-electron chi connectivity index (χ2n) is 3.27. The average Bonchev–Trinajstić information content (AvgIpc) is 2.50. The Kier molecular flexibility index (Phi) is 4.07. The molecule has 7 heteroatoms. The normalized spacial score (nSPS) is 12.0. The van der Waals surface area contributed by atoms with E-state index in [0.717, 1.165) is 17.5 Å². The van der Waals surface area contributed by atoms with Crippen molar-refractivity contribution in [1.82, 2.24) is 15.0 Å². The van der Waals surface area contributed by atoms with Gasteiger partial charge in [0.2, 0.25) is 0 Å². The summed E-state index contributed by atoms with van der Waals surface area (Å²) in [6, 6.07) is 0. The van der Waals surface area contributed by atoms with E-state index >= 15 is 0 Å². The number of hydrogen-bond acceptors (Lipinski definition) is 3. The van der Waals surface area contributed by atoms with Crippen LogP contribution in [-0.2, 0) is 13.0 Å². The Labute approximate surface area is 85.3 Å². The highest BCUT2D eigenvalue weighted by Gasteiger charge is 2.28. The third-order valence-corrected chi connectivity index (χ3v) is 1.81. The summed E-state index contributed by atoms with van der Waals surface area (Å²) in [6.45, 7) is -0.506. The summed E-state index contributed by atoms with van der Waals surface area (Å²) in [5.74, 6) is 0. The number of alkyl halides is 3. The molecule has 0 amide bonds. The van der Waals surface area contributed by atoms with Gasteiger partial charge in [0.1, 0.15) is 6.54 Å². The lowest BCUT2D eigenvalue weighted by Crippen LogP contribution is -2.18. The summed E-state index contributed by atoms with van der Waals surface area (Å²) >= 11 is 0. The third kappa shape index (κ3) is 4.78. The van der Waals surface area contributed by atoms with Gasteiger partial charge in [-0.2, -0.15) is 13.2 Å². The van der Waals surface area contributed by atoms with Gasteiger partial charge in [0.05, 0.1) is 5.69 Å². The fourth-order valence-corrected chi connectivity index (χ4v) is 1.16. The van der Waals surface area contributed by atoms with Crippen molar-refractivity contribution in [2.45, 2.75) is 32.0 Å². The minimum Gasteiger partial charge on any atom is -0.330 e. The van der Waals surface area contributed by atoms with E-state index in [1.165, 1.54) is 6.20 Å². The van der Waals surface area contributed by atoms with Crippen molar-refractivity contribution in [2.75, 3.05) is 6.54 Å². The van der Waals surface area contributed by atoms with Crippen molar-refractivity contribution in [3.8, 4) is 0 Å². The molecule has 0 atom stereocenters. The van der Waals surface area contributed by atoms with E-state index in [0.29, 0.717) is 18.7 Å². The van der Waals surface area contributed by atoms with Crippen LogP contribution >= 0.6 is 0 Å². The zero-order valence-corrected chi connectivity index (χ0v) is 8.17. The van der Waals surface area contributed by atoms with Gasteiger partial charge < -0.3 is 5.73 Å². The summed E-state index contributed by atoms with van der Waals surface area (Å²) in [4.78, 5) is 0. The Morgan fingerprint density at radius 2 is 2.07 bits per heavy atom. The summed E-state index contributed by atoms with van der Waals surface area (Å²) in [5, 5.41) is 7.04. The first-order chi connectivity index (χ1) is 7.01. The summed E-state index contributed by atoms with van der Waals surface area (Å²) in [7, 11) is 0. The van der Waals surface area contributed by atoms with Gasteiger partial charge in [-0.1, -0.05) is 5.21 Å². The first kappa shape index (κ1) is 12.0. The standard InChI is InChI=1S/C8H13F3N4/c9-8(10,11)6-15-5-7(13-14-15)3-1-2-4-12/h5H,1-4,6,12H2. The first-order valence-corrected chi connectivity index (χ1v) is 4.67. The van der Waals surface area contributed by atoms with Crippen LogP contribution in [0.5, 0.6) is 0 Å². The molecule has 86 valence electrons. The zero-order chi connectivity index (χ0) is 11.3. The summed E-state index contributed by atoms with van der Waals surface area (Å²) in [6.07, 6.45) is -0.644. The van der Waals surface area contributed by atoms with Crippen LogP contribution in [0.15, 0.2) is 6.20 Å². The molecule has 0 unspecified atom stereocenters. The van der Waals surface area contributed by atoms with E-state index in [1.54, 1.807) is 0 Å². The minimum absolute atomic E-state index is 0.577. The van der Waals surface area contributed by atoms with Crippen molar-refractivity contribution >= 4 is 0 Å². The topological polar surface area (TPSA) is 56.7 Å². The Balaban J connectivity index is 2.42. The summed E-state index contributed by atoms with van der Waals surface area (Å²) in [5.41, 5.74) is 5.87. The quantitative estimate of drug-likeness (QED) is 0.759. The van der Waals surface area contributed by atoms with E-state index in [4.69, 9.17) is 5.73 Å². The van der Waals surface area contributed by atoms with Crippen molar-refractivity contribution in [3.05, 3.63) is 11.9 Å². The number of nitrogens with two attached hydrogens (primary N) is 1. The zero-order valence-electron chi connectivity index (χ0n) is 8.17. The van der Waals surface area contributed by atoms with Crippen LogP contribution in [0, 0.1) is 0 Å². The largest absolute Gasteiger partial charge is 0.408 e. The van der Waals surface area contributed by atoms with Crippen LogP contribution < -0.4 is 5.73 Å². The van der Waals surface area contributed by atoms with Gasteiger partial charge in [-0.3, -0.25) is 0 Å². The lowest BCUT2D eigenvalue weighted by molar-refractivity contribution is -0.142. The molecule has 0 fully saturated rings. The fraction of sp³-hybridized carbons (Fsp3) is 0.750. The molecular weight excluding hydrogens is 209 g/mol. The molecule has 1 aromatic rings. The number of hydrogen-bond donors (Lipinski definition) is 1. The highest BCUT2D eigenvalue weighted by atomic mass is 19.4. The molecule has 0 spiro atoms. The molecule has 15 heavy (non-hydrogen) atoms. The third-order valence-electron chi connectivity index (χ3n) is 1.81. The highest BCUT2D eigenvalue weighted by molar-refractivity contribution is 4.92. The number of aromatic nitrogens is 3. The van der Waals surface area contributed by atoms with Gasteiger partial charge in [-0.05, 0) is 25.8 Å². The van der Waals surface area contributed by atoms with E-state index in [1.807, 2.05) is 0 Å². The lowest BCUT2D eigenvalue weighted by atomic mass is 10.2. The molecule has 0 saturated heterocycles. The monoisotopic (exact) mass is 222 g/mol. The van der Waals surface area contributed by atoms with Gasteiger partial charge in [0, 0.05) is 6.20 Å². The van der Waals surface area contributed by atoms with E-state index in [9.17, 15) is 13.2 Å². The van der Waals surface area contributed by atoms with Gasteiger partial charge in [0.25, 0.3) is 0 Å². The molecule has 0 bridgehead atoms. The molecule has 0 aliphatic carbocycles. The minimum atomic E-state index is -4.25. The lowest BCUT2D eigenvalue weighted by Gasteiger charge is -2.03. The molecule has 4 nitrogen and oxygen atoms in total. The van der Waals surface area contributed by atoms with Gasteiger partial charge in [-0.25, -0.2) is 4.68 Å². The highest BCUT2D eigenvalue weighted by Crippen LogP contribution is 2.16. The maximum absolute atomic E-state index is 12.0. The Morgan fingerprint density at radius 1 is 1.33 bits per heavy atom. The number of unbranched alkanes of at least 4 members (excludes halogenated alkanes) is 1. The van der Waals surface area contributed by atoms with Crippen LogP contribution in [0.3, 0.4) is 0 Å². The van der Waals surface area contributed by atoms with Crippen LogP contribution in [0.25, 0.3) is 0 Å². The SMILES string of the molecule is NCCCCc1cn(CC(F)(F)F)nn1. The van der Waals surface area contributed by atoms with Crippen molar-refractivity contribution in [3.63, 3.8) is 0 Å². The van der Waals surface area contributed by atoms with Gasteiger partial charge in [0.15, 0.2) is 0 Å². The molecule has 0 aliphatic rings. The van der Waals surface area contributed by atoms with E-state index in [2.05, 4.69) is 10.3 Å². The second kappa shape index (κ2) is 5.11. The smallest absolute Gasteiger partial charge is 0.330 e. The average molecular weight is 222 g/mol. The predicted octanol–water partition coefficient (Wildman–Crippen LogP) is 1.12. The molecule has 1 heterocycles.